The number of amides is 1. The van der Waals surface area contributed by atoms with Crippen LogP contribution in [0.4, 0.5) is 5.69 Å². The van der Waals surface area contributed by atoms with E-state index in [2.05, 4.69) is 10.6 Å². The fraction of sp³-hybridized carbons (Fsp3) is 0.611. The van der Waals surface area contributed by atoms with Gasteiger partial charge in [0.2, 0.25) is 5.91 Å². The Balaban J connectivity index is 1.49. The van der Waals surface area contributed by atoms with Gasteiger partial charge in [0.15, 0.2) is 0 Å². The maximum absolute atomic E-state index is 12.3. The SMILES string of the molecule is C[C@H]1OCCN[C@@H]1C(=O)Nc1ccc(COC2CCCC2)cc1. The zero-order valence-corrected chi connectivity index (χ0v) is 13.7. The lowest BCUT2D eigenvalue weighted by Crippen LogP contribution is -2.53. The van der Waals surface area contributed by atoms with Crippen LogP contribution in [0.1, 0.15) is 38.2 Å². The zero-order valence-electron chi connectivity index (χ0n) is 13.7. The predicted octanol–water partition coefficient (Wildman–Crippen LogP) is 2.46. The van der Waals surface area contributed by atoms with Crippen molar-refractivity contribution in [1.82, 2.24) is 5.32 Å². The molecule has 1 saturated heterocycles. The third-order valence-electron chi connectivity index (χ3n) is 4.61. The van der Waals surface area contributed by atoms with Gasteiger partial charge >= 0.3 is 0 Å². The molecule has 1 amide bonds. The van der Waals surface area contributed by atoms with Crippen molar-refractivity contribution >= 4 is 11.6 Å². The normalized spacial score (nSPS) is 25.4. The molecular formula is C18H26N2O3. The summed E-state index contributed by atoms with van der Waals surface area (Å²) in [4.78, 5) is 12.3. The molecule has 3 rings (SSSR count). The summed E-state index contributed by atoms with van der Waals surface area (Å²) in [5, 5.41) is 6.14. The zero-order chi connectivity index (χ0) is 16.1. The number of nitrogens with one attached hydrogen (secondary N) is 2. The van der Waals surface area contributed by atoms with Gasteiger partial charge in [-0.1, -0.05) is 25.0 Å². The van der Waals surface area contributed by atoms with E-state index in [1.54, 1.807) is 0 Å². The lowest BCUT2D eigenvalue weighted by Gasteiger charge is -2.29. The van der Waals surface area contributed by atoms with E-state index in [1.807, 2.05) is 31.2 Å². The van der Waals surface area contributed by atoms with Gasteiger partial charge < -0.3 is 20.1 Å². The number of hydrogen-bond acceptors (Lipinski definition) is 4. The highest BCUT2D eigenvalue weighted by molar-refractivity contribution is 5.95. The van der Waals surface area contributed by atoms with Crippen LogP contribution in [-0.2, 0) is 20.9 Å². The molecule has 2 N–H and O–H groups in total. The van der Waals surface area contributed by atoms with Crippen LogP contribution in [0.3, 0.4) is 0 Å². The van der Waals surface area contributed by atoms with Crippen LogP contribution in [0.2, 0.25) is 0 Å². The van der Waals surface area contributed by atoms with E-state index in [1.165, 1.54) is 25.7 Å². The fourth-order valence-electron chi connectivity index (χ4n) is 3.20. The molecule has 23 heavy (non-hydrogen) atoms. The van der Waals surface area contributed by atoms with Gasteiger partial charge in [0.05, 0.1) is 25.4 Å². The Morgan fingerprint density at radius 2 is 2.04 bits per heavy atom. The molecule has 126 valence electrons. The summed E-state index contributed by atoms with van der Waals surface area (Å²) in [7, 11) is 0. The molecule has 1 saturated carbocycles. The number of rotatable bonds is 5. The first-order chi connectivity index (χ1) is 11.2. The number of anilines is 1. The first kappa shape index (κ1) is 16.4. The van der Waals surface area contributed by atoms with Gasteiger partial charge in [-0.15, -0.1) is 0 Å². The maximum atomic E-state index is 12.3. The third kappa shape index (κ3) is 4.53. The average molecular weight is 318 g/mol. The predicted molar refractivity (Wildman–Crippen MR) is 89.3 cm³/mol. The van der Waals surface area contributed by atoms with Crippen molar-refractivity contribution in [3.8, 4) is 0 Å². The van der Waals surface area contributed by atoms with Crippen molar-refractivity contribution in [2.24, 2.45) is 0 Å². The van der Waals surface area contributed by atoms with Crippen molar-refractivity contribution in [2.75, 3.05) is 18.5 Å². The molecule has 1 aliphatic carbocycles. The van der Waals surface area contributed by atoms with Gasteiger partial charge in [-0.25, -0.2) is 0 Å². The molecule has 0 unspecified atom stereocenters. The van der Waals surface area contributed by atoms with Crippen LogP contribution in [0.25, 0.3) is 0 Å². The van der Waals surface area contributed by atoms with E-state index in [0.29, 0.717) is 25.9 Å². The van der Waals surface area contributed by atoms with Crippen LogP contribution >= 0.6 is 0 Å². The Bertz CT molecular complexity index is 512. The number of carbonyl (C=O) groups excluding carboxylic acids is 1. The highest BCUT2D eigenvalue weighted by Crippen LogP contribution is 2.22. The van der Waals surface area contributed by atoms with E-state index >= 15 is 0 Å². The summed E-state index contributed by atoms with van der Waals surface area (Å²) < 4.78 is 11.4. The number of hydrogen-bond donors (Lipinski definition) is 2. The molecule has 0 bridgehead atoms. The Labute approximate surface area is 137 Å². The second-order valence-electron chi connectivity index (χ2n) is 6.41. The molecule has 1 aromatic rings. The van der Waals surface area contributed by atoms with Gasteiger partial charge in [0.1, 0.15) is 6.04 Å². The van der Waals surface area contributed by atoms with E-state index < -0.39 is 0 Å². The summed E-state index contributed by atoms with van der Waals surface area (Å²) in [5.74, 6) is -0.0489. The standard InChI is InChI=1S/C18H26N2O3/c1-13-17(19-10-11-22-13)18(21)20-15-8-6-14(7-9-15)12-23-16-4-2-3-5-16/h6-9,13,16-17,19H,2-5,10-12H2,1H3,(H,20,21)/t13-,17+/m1/s1. The second-order valence-corrected chi connectivity index (χ2v) is 6.41. The molecule has 0 spiro atoms. The monoisotopic (exact) mass is 318 g/mol. The molecule has 5 heteroatoms. The van der Waals surface area contributed by atoms with Crippen LogP contribution in [-0.4, -0.2) is 37.3 Å². The van der Waals surface area contributed by atoms with Crippen molar-refractivity contribution < 1.29 is 14.3 Å². The largest absolute Gasteiger partial charge is 0.375 e. The van der Waals surface area contributed by atoms with Crippen LogP contribution in [0, 0.1) is 0 Å². The quantitative estimate of drug-likeness (QED) is 0.875. The Morgan fingerprint density at radius 1 is 1.30 bits per heavy atom. The second kappa shape index (κ2) is 7.90. The highest BCUT2D eigenvalue weighted by atomic mass is 16.5. The Morgan fingerprint density at radius 3 is 2.74 bits per heavy atom. The summed E-state index contributed by atoms with van der Waals surface area (Å²) in [6, 6.07) is 7.59. The average Bonchev–Trinajstić information content (AvgIpc) is 3.08. The third-order valence-corrected chi connectivity index (χ3v) is 4.61. The minimum atomic E-state index is -0.297. The Hall–Kier alpha value is -1.43. The molecule has 0 aromatic heterocycles. The summed E-state index contributed by atoms with van der Waals surface area (Å²) in [6.07, 6.45) is 5.25. The van der Waals surface area contributed by atoms with E-state index in [4.69, 9.17) is 9.47 Å². The van der Waals surface area contributed by atoms with Crippen LogP contribution in [0.5, 0.6) is 0 Å². The molecule has 1 aromatic carbocycles. The molecule has 0 radical (unpaired) electrons. The van der Waals surface area contributed by atoms with E-state index in [9.17, 15) is 4.79 Å². The minimum Gasteiger partial charge on any atom is -0.375 e. The molecule has 2 atom stereocenters. The molecular weight excluding hydrogens is 292 g/mol. The number of ether oxygens (including phenoxy) is 2. The molecule has 2 aliphatic rings. The minimum absolute atomic E-state index is 0.0489. The van der Waals surface area contributed by atoms with Crippen LogP contribution in [0.15, 0.2) is 24.3 Å². The van der Waals surface area contributed by atoms with Gasteiger partial charge in [-0.05, 0) is 37.5 Å². The van der Waals surface area contributed by atoms with Crippen LogP contribution < -0.4 is 10.6 Å². The molecule has 1 heterocycles. The first-order valence-electron chi connectivity index (χ1n) is 8.59. The van der Waals surface area contributed by atoms with Gasteiger partial charge in [-0.2, -0.15) is 0 Å². The summed E-state index contributed by atoms with van der Waals surface area (Å²) in [5.41, 5.74) is 1.95. The van der Waals surface area contributed by atoms with Crippen molar-refractivity contribution in [3.05, 3.63) is 29.8 Å². The van der Waals surface area contributed by atoms with E-state index in [-0.39, 0.29) is 18.1 Å². The first-order valence-corrected chi connectivity index (χ1v) is 8.59. The number of carbonyl (C=O) groups is 1. The Kier molecular flexibility index (Phi) is 5.65. The summed E-state index contributed by atoms with van der Waals surface area (Å²) >= 11 is 0. The number of morpholine rings is 1. The van der Waals surface area contributed by atoms with Gasteiger partial charge in [-0.3, -0.25) is 4.79 Å². The van der Waals surface area contributed by atoms with Crippen molar-refractivity contribution in [2.45, 2.75) is 57.5 Å². The van der Waals surface area contributed by atoms with Gasteiger partial charge in [0.25, 0.3) is 0 Å². The lowest BCUT2D eigenvalue weighted by atomic mass is 10.1. The summed E-state index contributed by atoms with van der Waals surface area (Å²) in [6.45, 7) is 3.92. The van der Waals surface area contributed by atoms with Crippen molar-refractivity contribution in [1.29, 1.82) is 0 Å². The van der Waals surface area contributed by atoms with E-state index in [0.717, 1.165) is 11.3 Å². The van der Waals surface area contributed by atoms with Crippen molar-refractivity contribution in [3.63, 3.8) is 0 Å². The highest BCUT2D eigenvalue weighted by Gasteiger charge is 2.28. The molecule has 2 fully saturated rings. The number of benzene rings is 1. The fourth-order valence-corrected chi connectivity index (χ4v) is 3.20. The maximum Gasteiger partial charge on any atom is 0.244 e. The molecule has 5 nitrogen and oxygen atoms in total. The topological polar surface area (TPSA) is 59.6 Å². The lowest BCUT2D eigenvalue weighted by molar-refractivity contribution is -0.123. The van der Waals surface area contributed by atoms with Gasteiger partial charge in [0, 0.05) is 12.2 Å². The smallest absolute Gasteiger partial charge is 0.244 e. The molecule has 1 aliphatic heterocycles.